The topological polar surface area (TPSA) is 81.4 Å². The minimum Gasteiger partial charge on any atom is -0.357 e. The average Bonchev–Trinajstić information content (AvgIpc) is 2.98. The van der Waals surface area contributed by atoms with Crippen molar-refractivity contribution in [2.24, 2.45) is 0 Å². The van der Waals surface area contributed by atoms with Crippen LogP contribution in [0.5, 0.6) is 0 Å². The zero-order valence-electron chi connectivity index (χ0n) is 10.9. The fourth-order valence-corrected chi connectivity index (χ4v) is 2.57. The second-order valence-electron chi connectivity index (χ2n) is 3.91. The molecule has 2 heterocycles. The van der Waals surface area contributed by atoms with Gasteiger partial charge in [0.15, 0.2) is 0 Å². The average molecular weight is 320 g/mol. The van der Waals surface area contributed by atoms with Crippen LogP contribution in [-0.2, 0) is 0 Å². The molecule has 9 heteroatoms. The molecule has 0 saturated heterocycles. The SMILES string of the molecule is CNc1ncc(Cl)c(Sc2nnnn2-c2ccccc2)n1. The lowest BCUT2D eigenvalue weighted by atomic mass is 10.3. The van der Waals surface area contributed by atoms with Gasteiger partial charge in [-0.15, -0.1) is 5.10 Å². The predicted molar refractivity (Wildman–Crippen MR) is 79.9 cm³/mol. The van der Waals surface area contributed by atoms with Crippen molar-refractivity contribution in [2.75, 3.05) is 12.4 Å². The number of aromatic nitrogens is 6. The van der Waals surface area contributed by atoms with Crippen LogP contribution in [0, 0.1) is 0 Å². The molecule has 0 spiro atoms. The summed E-state index contributed by atoms with van der Waals surface area (Å²) >= 11 is 7.39. The Morgan fingerprint density at radius 1 is 1.24 bits per heavy atom. The first-order valence-electron chi connectivity index (χ1n) is 6.00. The van der Waals surface area contributed by atoms with Gasteiger partial charge in [0.2, 0.25) is 11.1 Å². The van der Waals surface area contributed by atoms with E-state index in [0.29, 0.717) is 21.2 Å². The van der Waals surface area contributed by atoms with Crippen molar-refractivity contribution in [1.82, 2.24) is 30.2 Å². The summed E-state index contributed by atoms with van der Waals surface area (Å²) in [5, 5.41) is 16.2. The van der Waals surface area contributed by atoms with Crippen molar-refractivity contribution < 1.29 is 0 Å². The molecule has 2 aromatic heterocycles. The number of hydrogen-bond donors (Lipinski definition) is 1. The lowest BCUT2D eigenvalue weighted by Crippen LogP contribution is -2.00. The van der Waals surface area contributed by atoms with Gasteiger partial charge in [0.1, 0.15) is 5.03 Å². The van der Waals surface area contributed by atoms with E-state index < -0.39 is 0 Å². The second kappa shape index (κ2) is 6.06. The molecule has 7 nitrogen and oxygen atoms in total. The monoisotopic (exact) mass is 319 g/mol. The number of benzene rings is 1. The van der Waals surface area contributed by atoms with E-state index in [2.05, 4.69) is 30.8 Å². The highest BCUT2D eigenvalue weighted by Crippen LogP contribution is 2.31. The third-order valence-electron chi connectivity index (χ3n) is 2.57. The van der Waals surface area contributed by atoms with Gasteiger partial charge in [-0.2, -0.15) is 4.68 Å². The molecule has 0 amide bonds. The molecule has 0 bridgehead atoms. The van der Waals surface area contributed by atoms with Gasteiger partial charge in [-0.1, -0.05) is 29.8 Å². The molecule has 21 heavy (non-hydrogen) atoms. The van der Waals surface area contributed by atoms with E-state index in [4.69, 9.17) is 11.6 Å². The van der Waals surface area contributed by atoms with Crippen LogP contribution in [0.2, 0.25) is 5.02 Å². The van der Waals surface area contributed by atoms with Crippen molar-refractivity contribution in [2.45, 2.75) is 10.2 Å². The Morgan fingerprint density at radius 3 is 2.81 bits per heavy atom. The van der Waals surface area contributed by atoms with E-state index in [1.807, 2.05) is 30.3 Å². The Morgan fingerprint density at radius 2 is 2.05 bits per heavy atom. The van der Waals surface area contributed by atoms with E-state index in [9.17, 15) is 0 Å². The Labute approximate surface area is 129 Å². The highest BCUT2D eigenvalue weighted by atomic mass is 35.5. The number of nitrogens with zero attached hydrogens (tertiary/aromatic N) is 6. The van der Waals surface area contributed by atoms with Gasteiger partial charge in [0.25, 0.3) is 0 Å². The summed E-state index contributed by atoms with van der Waals surface area (Å²) in [5.41, 5.74) is 0.865. The van der Waals surface area contributed by atoms with E-state index in [1.165, 1.54) is 11.8 Å². The molecule has 0 aliphatic carbocycles. The van der Waals surface area contributed by atoms with Crippen LogP contribution in [0.3, 0.4) is 0 Å². The van der Waals surface area contributed by atoms with Crippen LogP contribution in [0.1, 0.15) is 0 Å². The number of hydrogen-bond acceptors (Lipinski definition) is 7. The summed E-state index contributed by atoms with van der Waals surface area (Å²) in [4.78, 5) is 8.34. The molecular formula is C12H10ClN7S. The van der Waals surface area contributed by atoms with Gasteiger partial charge in [-0.25, -0.2) is 9.97 Å². The maximum atomic E-state index is 6.12. The van der Waals surface area contributed by atoms with Gasteiger partial charge in [0.05, 0.1) is 16.9 Å². The molecule has 1 aromatic carbocycles. The van der Waals surface area contributed by atoms with Crippen molar-refractivity contribution in [3.05, 3.63) is 41.6 Å². The molecule has 106 valence electrons. The molecule has 0 fully saturated rings. The smallest absolute Gasteiger partial charge is 0.223 e. The second-order valence-corrected chi connectivity index (χ2v) is 5.27. The Balaban J connectivity index is 1.95. The molecular weight excluding hydrogens is 310 g/mol. The third kappa shape index (κ3) is 2.96. The van der Waals surface area contributed by atoms with Crippen LogP contribution >= 0.6 is 23.4 Å². The van der Waals surface area contributed by atoms with Crippen LogP contribution in [0.25, 0.3) is 5.69 Å². The molecule has 0 unspecified atom stereocenters. The largest absolute Gasteiger partial charge is 0.357 e. The standard InChI is InChI=1S/C12H10ClN7S/c1-14-11-15-7-9(13)10(16-11)21-12-17-18-19-20(12)8-5-3-2-4-6-8/h2-7H,1H3,(H,14,15,16). The quantitative estimate of drug-likeness (QED) is 0.739. The fraction of sp³-hybridized carbons (Fsp3) is 0.0833. The molecule has 0 aliphatic heterocycles. The maximum Gasteiger partial charge on any atom is 0.223 e. The van der Waals surface area contributed by atoms with Crippen LogP contribution < -0.4 is 5.32 Å². The lowest BCUT2D eigenvalue weighted by Gasteiger charge is -2.05. The Kier molecular flexibility index (Phi) is 3.98. The molecule has 0 saturated carbocycles. The van der Waals surface area contributed by atoms with Crippen molar-refractivity contribution in [3.63, 3.8) is 0 Å². The normalized spacial score (nSPS) is 10.6. The molecule has 0 aliphatic rings. The summed E-state index contributed by atoms with van der Waals surface area (Å²) in [6.07, 6.45) is 1.54. The highest BCUT2D eigenvalue weighted by Gasteiger charge is 2.14. The van der Waals surface area contributed by atoms with Gasteiger partial charge in [0, 0.05) is 7.05 Å². The van der Waals surface area contributed by atoms with Crippen molar-refractivity contribution >= 4 is 29.3 Å². The summed E-state index contributed by atoms with van der Waals surface area (Å²) in [7, 11) is 1.74. The van der Waals surface area contributed by atoms with Gasteiger partial charge in [-0.3, -0.25) is 0 Å². The van der Waals surface area contributed by atoms with E-state index in [-0.39, 0.29) is 0 Å². The number of para-hydroxylation sites is 1. The molecule has 3 rings (SSSR count). The Bertz CT molecular complexity index is 746. The van der Waals surface area contributed by atoms with E-state index in [1.54, 1.807) is 17.9 Å². The fourth-order valence-electron chi connectivity index (χ4n) is 1.60. The first-order valence-corrected chi connectivity index (χ1v) is 7.19. The first kappa shape index (κ1) is 13.8. The van der Waals surface area contributed by atoms with Gasteiger partial charge >= 0.3 is 0 Å². The number of halogens is 1. The zero-order valence-corrected chi connectivity index (χ0v) is 12.5. The summed E-state index contributed by atoms with van der Waals surface area (Å²) in [6, 6.07) is 9.60. The zero-order chi connectivity index (χ0) is 14.7. The third-order valence-corrected chi connectivity index (χ3v) is 3.90. The van der Waals surface area contributed by atoms with Gasteiger partial charge in [-0.05, 0) is 34.3 Å². The summed E-state index contributed by atoms with van der Waals surface area (Å²) in [5.74, 6) is 0.487. The number of anilines is 1. The van der Waals surface area contributed by atoms with Crippen molar-refractivity contribution in [3.8, 4) is 5.69 Å². The number of tetrazole rings is 1. The van der Waals surface area contributed by atoms with Crippen LogP contribution in [0.4, 0.5) is 5.95 Å². The highest BCUT2D eigenvalue weighted by molar-refractivity contribution is 7.99. The minimum absolute atomic E-state index is 0.446. The van der Waals surface area contributed by atoms with Crippen LogP contribution in [0.15, 0.2) is 46.7 Å². The number of nitrogens with one attached hydrogen (secondary N) is 1. The summed E-state index contributed by atoms with van der Waals surface area (Å²) < 4.78 is 1.63. The van der Waals surface area contributed by atoms with Gasteiger partial charge < -0.3 is 5.32 Å². The summed E-state index contributed by atoms with van der Waals surface area (Å²) in [6.45, 7) is 0. The van der Waals surface area contributed by atoms with Crippen molar-refractivity contribution in [1.29, 1.82) is 0 Å². The van der Waals surface area contributed by atoms with E-state index >= 15 is 0 Å². The molecule has 3 aromatic rings. The predicted octanol–water partition coefficient (Wildman–Crippen LogP) is 2.30. The minimum atomic E-state index is 0.446. The van der Waals surface area contributed by atoms with Crippen LogP contribution in [-0.4, -0.2) is 37.2 Å². The maximum absolute atomic E-state index is 6.12. The lowest BCUT2D eigenvalue weighted by molar-refractivity contribution is 0.756. The number of rotatable bonds is 4. The van der Waals surface area contributed by atoms with E-state index in [0.717, 1.165) is 5.69 Å². The Hall–Kier alpha value is -2.19. The molecule has 1 N–H and O–H groups in total. The molecule has 0 atom stereocenters. The first-order chi connectivity index (χ1) is 10.3. The molecule has 0 radical (unpaired) electrons.